The second kappa shape index (κ2) is 27.1. The summed E-state index contributed by atoms with van der Waals surface area (Å²) in [5.41, 5.74) is 0. The molecule has 4 heterocycles. The molecular formula is C20H40Cl2N4Os-4. The van der Waals surface area contributed by atoms with E-state index in [0.717, 1.165) is 52.4 Å². The molecule has 0 aromatic heterocycles. The number of halogens is 2. The van der Waals surface area contributed by atoms with Gasteiger partial charge in [0.25, 0.3) is 0 Å². The van der Waals surface area contributed by atoms with Crippen LogP contribution in [0.25, 0.3) is 21.3 Å². The number of hydrogen-bond donors (Lipinski definition) is 0. The van der Waals surface area contributed by atoms with Gasteiger partial charge in [-0.05, 0) is 0 Å². The van der Waals surface area contributed by atoms with Crippen molar-refractivity contribution in [2.45, 2.75) is 77.0 Å². The molecule has 4 nitrogen and oxygen atoms in total. The molecule has 4 fully saturated rings. The molecule has 7 heteroatoms. The van der Waals surface area contributed by atoms with Crippen molar-refractivity contribution in [3.63, 3.8) is 0 Å². The van der Waals surface area contributed by atoms with Gasteiger partial charge in [0, 0.05) is 0 Å². The van der Waals surface area contributed by atoms with Gasteiger partial charge in [0.15, 0.2) is 0 Å². The predicted molar refractivity (Wildman–Crippen MR) is 119 cm³/mol. The minimum atomic E-state index is -0.639. The summed E-state index contributed by atoms with van der Waals surface area (Å²) in [7, 11) is 9.81. The standard InChI is InChI=1S/4C5H10N.2ClH.Os/c4*1-2-4-6-5-3-1;;;/h4*1-5H2;2*1H;/q4*-1;;;+2/p-2. The fourth-order valence-electron chi connectivity index (χ4n) is 2.94. The van der Waals surface area contributed by atoms with Gasteiger partial charge in [0.2, 0.25) is 0 Å². The van der Waals surface area contributed by atoms with E-state index in [0.29, 0.717) is 0 Å². The molecule has 4 aliphatic rings. The Hall–Kier alpha value is 1.06. The van der Waals surface area contributed by atoms with E-state index in [1.165, 1.54) is 77.0 Å². The zero-order valence-corrected chi connectivity index (χ0v) is 21.1. The first kappa shape index (κ1) is 28.1. The van der Waals surface area contributed by atoms with Crippen LogP contribution >= 0.6 is 19.3 Å². The van der Waals surface area contributed by atoms with Crippen molar-refractivity contribution >= 4 is 19.3 Å². The van der Waals surface area contributed by atoms with Crippen LogP contribution < -0.4 is 0 Å². The van der Waals surface area contributed by atoms with Gasteiger partial charge in [0.05, 0.1) is 0 Å². The third-order valence-electron chi connectivity index (χ3n) is 4.53. The van der Waals surface area contributed by atoms with Crippen molar-refractivity contribution in [1.29, 1.82) is 0 Å². The van der Waals surface area contributed by atoms with E-state index in [2.05, 4.69) is 21.3 Å². The summed E-state index contributed by atoms with van der Waals surface area (Å²) < 4.78 is 0. The van der Waals surface area contributed by atoms with E-state index in [4.69, 9.17) is 19.3 Å². The van der Waals surface area contributed by atoms with Crippen molar-refractivity contribution in [2.24, 2.45) is 0 Å². The second-order valence-corrected chi connectivity index (χ2v) is 10.6. The molecule has 0 amide bonds. The summed E-state index contributed by atoms with van der Waals surface area (Å²) in [5, 5.41) is 16.7. The molecule has 0 N–H and O–H groups in total. The topological polar surface area (TPSA) is 56.4 Å². The van der Waals surface area contributed by atoms with Crippen LogP contribution in [0, 0.1) is 0 Å². The van der Waals surface area contributed by atoms with Crippen LogP contribution in [0.3, 0.4) is 0 Å². The third-order valence-corrected chi connectivity index (χ3v) is 4.53. The summed E-state index contributed by atoms with van der Waals surface area (Å²) in [6, 6.07) is 0. The molecule has 0 radical (unpaired) electrons. The SMILES string of the molecule is C1CC[N-]CC1.C1CC[N-]CC1.C1CC[N-]CC1.C1CC[N-]CC1.[Cl][Os][Cl]. The van der Waals surface area contributed by atoms with Crippen LogP contribution in [0.1, 0.15) is 77.0 Å². The van der Waals surface area contributed by atoms with Crippen LogP contribution in [0.4, 0.5) is 0 Å². The third kappa shape index (κ3) is 27.1. The molecule has 4 saturated heterocycles. The maximum absolute atomic E-state index is 4.90. The van der Waals surface area contributed by atoms with Crippen LogP contribution in [0.15, 0.2) is 0 Å². The van der Waals surface area contributed by atoms with Gasteiger partial charge in [0.1, 0.15) is 0 Å². The number of hydrogen-bond acceptors (Lipinski definition) is 0. The molecule has 166 valence electrons. The monoisotopic (exact) mass is 598 g/mol. The molecule has 4 aliphatic heterocycles. The van der Waals surface area contributed by atoms with E-state index in [9.17, 15) is 0 Å². The van der Waals surface area contributed by atoms with Crippen molar-refractivity contribution in [3.8, 4) is 0 Å². The normalized spacial score (nSPS) is 22.1. The predicted octanol–water partition coefficient (Wildman–Crippen LogP) is 7.55. The molecule has 0 bridgehead atoms. The van der Waals surface area contributed by atoms with E-state index < -0.39 is 15.4 Å². The van der Waals surface area contributed by atoms with Crippen LogP contribution in [0.2, 0.25) is 0 Å². The minimum absolute atomic E-state index is 0.639. The Labute approximate surface area is 184 Å². The molecule has 0 aromatic carbocycles. The summed E-state index contributed by atoms with van der Waals surface area (Å²) >= 11 is -0.639. The number of rotatable bonds is 0. The van der Waals surface area contributed by atoms with Crippen LogP contribution in [-0.2, 0) is 15.4 Å². The molecule has 0 atom stereocenters. The average molecular weight is 598 g/mol. The summed E-state index contributed by atoms with van der Waals surface area (Å²) in [6.07, 6.45) is 16.3. The molecule has 4 rings (SSSR count). The van der Waals surface area contributed by atoms with Crippen molar-refractivity contribution in [2.75, 3.05) is 52.4 Å². The average Bonchev–Trinajstić information content (AvgIpc) is 2.80. The van der Waals surface area contributed by atoms with Gasteiger partial charge in [-0.3, -0.25) is 0 Å². The van der Waals surface area contributed by atoms with Crippen molar-refractivity contribution < 1.29 is 15.4 Å². The molecule has 27 heavy (non-hydrogen) atoms. The molecule has 0 aliphatic carbocycles. The van der Waals surface area contributed by atoms with Gasteiger partial charge in [-0.2, -0.15) is 0 Å². The van der Waals surface area contributed by atoms with Crippen LogP contribution in [-0.4, -0.2) is 52.4 Å². The van der Waals surface area contributed by atoms with Crippen LogP contribution in [0.5, 0.6) is 0 Å². The van der Waals surface area contributed by atoms with E-state index in [1.54, 1.807) is 0 Å². The van der Waals surface area contributed by atoms with Gasteiger partial charge in [-0.15, -0.1) is 52.4 Å². The van der Waals surface area contributed by atoms with Crippen molar-refractivity contribution in [3.05, 3.63) is 21.3 Å². The zero-order valence-electron chi connectivity index (χ0n) is 17.0. The Bertz CT molecular complexity index is 154. The molecular weight excluding hydrogens is 557 g/mol. The fraction of sp³-hybridized carbons (Fsp3) is 1.00. The Balaban J connectivity index is 0.000000319. The van der Waals surface area contributed by atoms with E-state index in [1.807, 2.05) is 0 Å². The fourth-order valence-corrected chi connectivity index (χ4v) is 2.94. The Morgan fingerprint density at radius 2 is 0.481 bits per heavy atom. The quantitative estimate of drug-likeness (QED) is 0.277. The first-order chi connectivity index (χ1) is 13.4. The van der Waals surface area contributed by atoms with Gasteiger partial charge in [-0.1, -0.05) is 77.0 Å². The Morgan fingerprint density at radius 1 is 0.333 bits per heavy atom. The van der Waals surface area contributed by atoms with Gasteiger partial charge < -0.3 is 21.3 Å². The maximum atomic E-state index is 4.90. The number of piperidine rings is 4. The molecule has 0 spiro atoms. The van der Waals surface area contributed by atoms with Crippen molar-refractivity contribution in [1.82, 2.24) is 0 Å². The summed E-state index contributed by atoms with van der Waals surface area (Å²) in [4.78, 5) is 0. The van der Waals surface area contributed by atoms with Gasteiger partial charge in [-0.25, -0.2) is 0 Å². The van der Waals surface area contributed by atoms with Gasteiger partial charge >= 0.3 is 34.7 Å². The summed E-state index contributed by atoms with van der Waals surface area (Å²) in [6.45, 7) is 9.00. The van der Waals surface area contributed by atoms with E-state index >= 15 is 0 Å². The second-order valence-electron chi connectivity index (χ2n) is 6.98. The summed E-state index contributed by atoms with van der Waals surface area (Å²) in [5.74, 6) is 0. The zero-order chi connectivity index (χ0) is 19.7. The van der Waals surface area contributed by atoms with E-state index in [-0.39, 0.29) is 0 Å². The first-order valence-electron chi connectivity index (χ1n) is 10.8. The Kier molecular flexibility index (Phi) is 28.1. The Morgan fingerprint density at radius 3 is 0.519 bits per heavy atom. The first-order valence-corrected chi connectivity index (χ1v) is 17.1. The molecule has 0 unspecified atom stereocenters. The molecule has 0 aromatic rings. The molecule has 0 saturated carbocycles. The number of nitrogens with zero attached hydrogens (tertiary/aromatic N) is 4.